The molecular weight excluding hydrogens is 272 g/mol. The predicted molar refractivity (Wildman–Crippen MR) is 85.2 cm³/mol. The summed E-state index contributed by atoms with van der Waals surface area (Å²) in [5, 5.41) is 6.50. The molecule has 1 aromatic rings. The second-order valence-electron chi connectivity index (χ2n) is 5.40. The van der Waals surface area contributed by atoms with Gasteiger partial charge in [-0.15, -0.1) is 12.4 Å². The van der Waals surface area contributed by atoms with Gasteiger partial charge in [-0.2, -0.15) is 0 Å². The Hall–Kier alpha value is -1.06. The van der Waals surface area contributed by atoms with Crippen LogP contribution in [0.1, 0.15) is 43.4 Å². The zero-order valence-electron chi connectivity index (χ0n) is 12.3. The van der Waals surface area contributed by atoms with E-state index in [-0.39, 0.29) is 30.3 Å². The van der Waals surface area contributed by atoms with Crippen molar-refractivity contribution in [3.8, 4) is 0 Å². The van der Waals surface area contributed by atoms with Crippen LogP contribution >= 0.6 is 12.4 Å². The zero-order chi connectivity index (χ0) is 13.7. The molecular formula is C16H25ClN2O. The molecule has 0 bridgehead atoms. The highest BCUT2D eigenvalue weighted by molar-refractivity contribution is 5.85. The monoisotopic (exact) mass is 296 g/mol. The summed E-state index contributed by atoms with van der Waals surface area (Å²) in [5.41, 5.74) is 2.46. The van der Waals surface area contributed by atoms with Gasteiger partial charge in [-0.25, -0.2) is 0 Å². The van der Waals surface area contributed by atoms with Crippen LogP contribution in [-0.2, 0) is 4.79 Å². The Morgan fingerprint density at radius 3 is 2.45 bits per heavy atom. The highest BCUT2D eigenvalue weighted by Crippen LogP contribution is 2.19. The van der Waals surface area contributed by atoms with Crippen LogP contribution in [0.3, 0.4) is 0 Å². The van der Waals surface area contributed by atoms with Gasteiger partial charge in [0.1, 0.15) is 0 Å². The van der Waals surface area contributed by atoms with Crippen LogP contribution in [0.15, 0.2) is 24.3 Å². The Kier molecular flexibility index (Phi) is 7.03. The van der Waals surface area contributed by atoms with Crippen molar-refractivity contribution < 1.29 is 4.79 Å². The second kappa shape index (κ2) is 8.28. The van der Waals surface area contributed by atoms with Crippen molar-refractivity contribution in [2.24, 2.45) is 5.92 Å². The molecule has 0 aliphatic carbocycles. The molecule has 20 heavy (non-hydrogen) atoms. The van der Waals surface area contributed by atoms with E-state index in [1.165, 1.54) is 11.1 Å². The summed E-state index contributed by atoms with van der Waals surface area (Å²) >= 11 is 0. The Morgan fingerprint density at radius 1 is 1.30 bits per heavy atom. The molecule has 2 rings (SSSR count). The Morgan fingerprint density at radius 2 is 1.90 bits per heavy atom. The number of rotatable bonds is 4. The average Bonchev–Trinajstić information content (AvgIpc) is 2.46. The van der Waals surface area contributed by atoms with E-state index in [0.717, 1.165) is 32.4 Å². The summed E-state index contributed by atoms with van der Waals surface area (Å²) in [6, 6.07) is 8.59. The summed E-state index contributed by atoms with van der Waals surface area (Å²) in [6.07, 6.45) is 2.84. The normalized spacial score (nSPS) is 17.1. The number of aryl methyl sites for hydroxylation is 1. The smallest absolute Gasteiger partial charge is 0.223 e. The SMILES string of the molecule is CCC(NC(=O)C1CCNCC1)c1ccc(C)cc1.Cl. The number of hydrogen-bond donors (Lipinski definition) is 2. The summed E-state index contributed by atoms with van der Waals surface area (Å²) in [6.45, 7) is 6.12. The van der Waals surface area contributed by atoms with Crippen molar-refractivity contribution in [2.75, 3.05) is 13.1 Å². The maximum atomic E-state index is 12.3. The second-order valence-corrected chi connectivity index (χ2v) is 5.40. The first-order chi connectivity index (χ1) is 9.20. The third-order valence-electron chi connectivity index (χ3n) is 3.91. The lowest BCUT2D eigenvalue weighted by atomic mass is 9.95. The molecule has 112 valence electrons. The largest absolute Gasteiger partial charge is 0.349 e. The van der Waals surface area contributed by atoms with Crippen LogP contribution in [0.4, 0.5) is 0 Å². The zero-order valence-corrected chi connectivity index (χ0v) is 13.1. The first kappa shape index (κ1) is 17.0. The highest BCUT2D eigenvalue weighted by Gasteiger charge is 2.23. The minimum absolute atomic E-state index is 0. The molecule has 1 aliphatic rings. The fourth-order valence-corrected chi connectivity index (χ4v) is 2.59. The van der Waals surface area contributed by atoms with Crippen molar-refractivity contribution >= 4 is 18.3 Å². The van der Waals surface area contributed by atoms with E-state index in [1.807, 2.05) is 0 Å². The van der Waals surface area contributed by atoms with Crippen LogP contribution < -0.4 is 10.6 Å². The van der Waals surface area contributed by atoms with Crippen LogP contribution in [0.25, 0.3) is 0 Å². The Balaban J connectivity index is 0.00000200. The van der Waals surface area contributed by atoms with E-state index in [1.54, 1.807) is 0 Å². The molecule has 2 N–H and O–H groups in total. The minimum atomic E-state index is 0. The van der Waals surface area contributed by atoms with Crippen molar-refractivity contribution in [3.63, 3.8) is 0 Å². The standard InChI is InChI=1S/C16H24N2O.ClH/c1-3-15(13-6-4-12(2)5-7-13)18-16(19)14-8-10-17-11-9-14;/h4-7,14-15,17H,3,8-11H2,1-2H3,(H,18,19);1H. The van der Waals surface area contributed by atoms with Gasteiger partial charge in [0.15, 0.2) is 0 Å². The van der Waals surface area contributed by atoms with Crippen LogP contribution in [0.5, 0.6) is 0 Å². The van der Waals surface area contributed by atoms with Crippen molar-refractivity contribution in [1.29, 1.82) is 0 Å². The average molecular weight is 297 g/mol. The number of benzene rings is 1. The first-order valence-electron chi connectivity index (χ1n) is 7.28. The van der Waals surface area contributed by atoms with E-state index in [2.05, 4.69) is 48.7 Å². The number of hydrogen-bond acceptors (Lipinski definition) is 2. The van der Waals surface area contributed by atoms with Gasteiger partial charge >= 0.3 is 0 Å². The molecule has 1 amide bonds. The van der Waals surface area contributed by atoms with Gasteiger partial charge in [0.25, 0.3) is 0 Å². The number of carbonyl (C=O) groups is 1. The number of piperidine rings is 1. The maximum Gasteiger partial charge on any atom is 0.223 e. The summed E-state index contributed by atoms with van der Waals surface area (Å²) < 4.78 is 0. The van der Waals surface area contributed by atoms with Gasteiger partial charge in [-0.1, -0.05) is 36.8 Å². The molecule has 1 aromatic carbocycles. The molecule has 1 heterocycles. The molecule has 1 atom stereocenters. The van der Waals surface area contributed by atoms with Crippen LogP contribution in [0, 0.1) is 12.8 Å². The fourth-order valence-electron chi connectivity index (χ4n) is 2.59. The topological polar surface area (TPSA) is 41.1 Å². The predicted octanol–water partition coefficient (Wildman–Crippen LogP) is 2.98. The Bertz CT molecular complexity index is 413. The third-order valence-corrected chi connectivity index (χ3v) is 3.91. The lowest BCUT2D eigenvalue weighted by Gasteiger charge is -2.25. The van der Waals surface area contributed by atoms with Crippen LogP contribution in [-0.4, -0.2) is 19.0 Å². The molecule has 0 saturated carbocycles. The van der Waals surface area contributed by atoms with Gasteiger partial charge in [-0.3, -0.25) is 4.79 Å². The molecule has 0 aromatic heterocycles. The molecule has 3 nitrogen and oxygen atoms in total. The molecule has 1 aliphatic heterocycles. The molecule has 0 spiro atoms. The number of halogens is 1. The first-order valence-corrected chi connectivity index (χ1v) is 7.28. The molecule has 1 saturated heterocycles. The Labute approximate surface area is 127 Å². The van der Waals surface area contributed by atoms with E-state index in [9.17, 15) is 4.79 Å². The van der Waals surface area contributed by atoms with Gasteiger partial charge < -0.3 is 10.6 Å². The van der Waals surface area contributed by atoms with Gasteiger partial charge in [0.2, 0.25) is 5.91 Å². The van der Waals surface area contributed by atoms with Crippen LogP contribution in [0.2, 0.25) is 0 Å². The molecule has 1 unspecified atom stereocenters. The minimum Gasteiger partial charge on any atom is -0.349 e. The van der Waals surface area contributed by atoms with E-state index >= 15 is 0 Å². The van der Waals surface area contributed by atoms with E-state index in [4.69, 9.17) is 0 Å². The lowest BCUT2D eigenvalue weighted by Crippen LogP contribution is -2.39. The van der Waals surface area contributed by atoms with Crippen molar-refractivity contribution in [3.05, 3.63) is 35.4 Å². The van der Waals surface area contributed by atoms with E-state index < -0.39 is 0 Å². The van der Waals surface area contributed by atoms with E-state index in [0.29, 0.717) is 0 Å². The lowest BCUT2D eigenvalue weighted by molar-refractivity contribution is -0.126. The molecule has 1 fully saturated rings. The maximum absolute atomic E-state index is 12.3. The van der Waals surface area contributed by atoms with Gasteiger partial charge in [0, 0.05) is 5.92 Å². The summed E-state index contributed by atoms with van der Waals surface area (Å²) in [4.78, 5) is 12.3. The van der Waals surface area contributed by atoms with Crippen molar-refractivity contribution in [1.82, 2.24) is 10.6 Å². The molecule has 0 radical (unpaired) electrons. The number of carbonyl (C=O) groups excluding carboxylic acids is 1. The number of nitrogens with one attached hydrogen (secondary N) is 2. The summed E-state index contributed by atoms with van der Waals surface area (Å²) in [7, 11) is 0. The van der Waals surface area contributed by atoms with Crippen molar-refractivity contribution in [2.45, 2.75) is 39.2 Å². The quantitative estimate of drug-likeness (QED) is 0.897. The number of amides is 1. The third kappa shape index (κ3) is 4.50. The van der Waals surface area contributed by atoms with Gasteiger partial charge in [-0.05, 0) is 44.8 Å². The highest BCUT2D eigenvalue weighted by atomic mass is 35.5. The molecule has 4 heteroatoms. The fraction of sp³-hybridized carbons (Fsp3) is 0.562. The van der Waals surface area contributed by atoms with Gasteiger partial charge in [0.05, 0.1) is 6.04 Å². The summed E-state index contributed by atoms with van der Waals surface area (Å²) in [5.74, 6) is 0.398.